The summed E-state index contributed by atoms with van der Waals surface area (Å²) in [7, 11) is 0. The second kappa shape index (κ2) is 9.87. The zero-order valence-electron chi connectivity index (χ0n) is 15.2. The van der Waals surface area contributed by atoms with Crippen molar-refractivity contribution in [3.63, 3.8) is 0 Å². The van der Waals surface area contributed by atoms with Crippen molar-refractivity contribution in [1.29, 1.82) is 0 Å². The van der Waals surface area contributed by atoms with Gasteiger partial charge in [0.05, 0.1) is 17.6 Å². The van der Waals surface area contributed by atoms with Crippen LogP contribution in [0.15, 0.2) is 48.5 Å². The Kier molecular flexibility index (Phi) is 7.53. The van der Waals surface area contributed by atoms with Crippen LogP contribution in [0.4, 0.5) is 11.4 Å². The molecule has 0 fully saturated rings. The van der Waals surface area contributed by atoms with E-state index in [0.717, 1.165) is 17.0 Å². The summed E-state index contributed by atoms with van der Waals surface area (Å²) >= 11 is 1.30. The number of ether oxygens (including phenoxy) is 1. The van der Waals surface area contributed by atoms with Crippen LogP contribution >= 0.6 is 11.8 Å². The van der Waals surface area contributed by atoms with Gasteiger partial charge in [-0.3, -0.25) is 9.59 Å². The lowest BCUT2D eigenvalue weighted by Gasteiger charge is -2.12. The molecule has 2 rings (SSSR count). The standard InChI is InChI=1S/C20H24N2O3S/c1-4-25-18-11-9-17(10-12-18)22-20(24)15(3)26-13-19(23)21-16-7-5-14(2)6-8-16/h5-12,15H,4,13H2,1-3H3,(H,21,23)(H,22,24)/t15-/m0/s1. The van der Waals surface area contributed by atoms with E-state index in [4.69, 9.17) is 4.74 Å². The number of anilines is 2. The summed E-state index contributed by atoms with van der Waals surface area (Å²) in [5.41, 5.74) is 2.60. The third-order valence-electron chi connectivity index (χ3n) is 3.60. The van der Waals surface area contributed by atoms with Gasteiger partial charge in [-0.05, 0) is 57.2 Å². The monoisotopic (exact) mass is 372 g/mol. The van der Waals surface area contributed by atoms with Gasteiger partial charge in [0, 0.05) is 11.4 Å². The van der Waals surface area contributed by atoms with Gasteiger partial charge >= 0.3 is 0 Å². The molecule has 0 aliphatic carbocycles. The lowest BCUT2D eigenvalue weighted by molar-refractivity contribution is -0.115. The lowest BCUT2D eigenvalue weighted by atomic mass is 10.2. The van der Waals surface area contributed by atoms with Crippen molar-refractivity contribution in [2.75, 3.05) is 23.0 Å². The highest BCUT2D eigenvalue weighted by Gasteiger charge is 2.15. The Morgan fingerprint density at radius 2 is 1.58 bits per heavy atom. The van der Waals surface area contributed by atoms with Gasteiger partial charge in [-0.1, -0.05) is 17.7 Å². The first-order valence-electron chi connectivity index (χ1n) is 8.49. The highest BCUT2D eigenvalue weighted by atomic mass is 32.2. The van der Waals surface area contributed by atoms with Gasteiger partial charge in [-0.2, -0.15) is 0 Å². The summed E-state index contributed by atoms with van der Waals surface area (Å²) in [6.07, 6.45) is 0. The topological polar surface area (TPSA) is 67.4 Å². The molecule has 5 nitrogen and oxygen atoms in total. The summed E-state index contributed by atoms with van der Waals surface area (Å²) in [5.74, 6) is 0.716. The van der Waals surface area contributed by atoms with E-state index in [1.54, 1.807) is 19.1 Å². The Morgan fingerprint density at radius 3 is 2.19 bits per heavy atom. The maximum Gasteiger partial charge on any atom is 0.237 e. The number of carbonyl (C=O) groups excluding carboxylic acids is 2. The first-order chi connectivity index (χ1) is 12.5. The molecule has 0 spiro atoms. The summed E-state index contributed by atoms with van der Waals surface area (Å²) in [5, 5.41) is 5.33. The highest BCUT2D eigenvalue weighted by Crippen LogP contribution is 2.18. The van der Waals surface area contributed by atoms with E-state index in [2.05, 4.69) is 10.6 Å². The second-order valence-electron chi connectivity index (χ2n) is 5.81. The fourth-order valence-corrected chi connectivity index (χ4v) is 2.84. The van der Waals surface area contributed by atoms with Crippen LogP contribution in [0.1, 0.15) is 19.4 Å². The van der Waals surface area contributed by atoms with Gasteiger partial charge in [0.15, 0.2) is 0 Å². The summed E-state index contributed by atoms with van der Waals surface area (Å²) in [6.45, 7) is 6.30. The summed E-state index contributed by atoms with van der Waals surface area (Å²) in [4.78, 5) is 24.2. The minimum atomic E-state index is -0.342. The van der Waals surface area contributed by atoms with Crippen molar-refractivity contribution in [3.8, 4) is 5.75 Å². The number of carbonyl (C=O) groups is 2. The predicted octanol–water partition coefficient (Wildman–Crippen LogP) is 4.09. The van der Waals surface area contributed by atoms with Gasteiger partial charge < -0.3 is 15.4 Å². The molecule has 0 radical (unpaired) electrons. The van der Waals surface area contributed by atoms with Crippen LogP contribution in [-0.2, 0) is 9.59 Å². The molecular weight excluding hydrogens is 348 g/mol. The number of benzene rings is 2. The zero-order chi connectivity index (χ0) is 18.9. The van der Waals surface area contributed by atoms with Crippen molar-refractivity contribution >= 4 is 35.0 Å². The number of hydrogen-bond donors (Lipinski definition) is 2. The molecular formula is C20H24N2O3S. The zero-order valence-corrected chi connectivity index (χ0v) is 16.1. The van der Waals surface area contributed by atoms with Crippen LogP contribution in [0.2, 0.25) is 0 Å². The number of amides is 2. The van der Waals surface area contributed by atoms with Crippen molar-refractivity contribution in [2.45, 2.75) is 26.0 Å². The van der Waals surface area contributed by atoms with Crippen LogP contribution in [-0.4, -0.2) is 29.4 Å². The number of nitrogens with one attached hydrogen (secondary N) is 2. The van der Waals surface area contributed by atoms with Crippen molar-refractivity contribution in [3.05, 3.63) is 54.1 Å². The molecule has 138 valence electrons. The van der Waals surface area contributed by atoms with E-state index in [1.165, 1.54) is 11.8 Å². The van der Waals surface area contributed by atoms with Crippen molar-refractivity contribution < 1.29 is 14.3 Å². The van der Waals surface area contributed by atoms with Crippen LogP contribution in [0.5, 0.6) is 5.75 Å². The number of thioether (sulfide) groups is 1. The largest absolute Gasteiger partial charge is 0.494 e. The fraction of sp³-hybridized carbons (Fsp3) is 0.300. The Morgan fingerprint density at radius 1 is 1.00 bits per heavy atom. The Hall–Kier alpha value is -2.47. The number of aryl methyl sites for hydroxylation is 1. The lowest BCUT2D eigenvalue weighted by Crippen LogP contribution is -2.25. The molecule has 1 atom stereocenters. The van der Waals surface area contributed by atoms with Crippen LogP contribution in [0.3, 0.4) is 0 Å². The van der Waals surface area contributed by atoms with Crippen LogP contribution in [0.25, 0.3) is 0 Å². The van der Waals surface area contributed by atoms with Crippen LogP contribution < -0.4 is 15.4 Å². The third-order valence-corrected chi connectivity index (χ3v) is 4.74. The van der Waals surface area contributed by atoms with Crippen molar-refractivity contribution in [2.24, 2.45) is 0 Å². The molecule has 0 bridgehead atoms. The maximum atomic E-state index is 12.2. The van der Waals surface area contributed by atoms with E-state index in [9.17, 15) is 9.59 Å². The maximum absolute atomic E-state index is 12.2. The molecule has 2 amide bonds. The molecule has 6 heteroatoms. The third kappa shape index (κ3) is 6.44. The normalized spacial score (nSPS) is 11.5. The molecule has 2 N–H and O–H groups in total. The first kappa shape index (κ1) is 19.8. The SMILES string of the molecule is CCOc1ccc(NC(=O)[C@H](C)SCC(=O)Nc2ccc(C)cc2)cc1. The second-order valence-corrected chi connectivity index (χ2v) is 7.14. The molecule has 0 unspecified atom stereocenters. The van der Waals surface area contributed by atoms with E-state index < -0.39 is 0 Å². The van der Waals surface area contributed by atoms with E-state index >= 15 is 0 Å². The Bertz CT molecular complexity index is 730. The fourth-order valence-electron chi connectivity index (χ4n) is 2.16. The predicted molar refractivity (Wildman–Crippen MR) is 108 cm³/mol. The van der Waals surface area contributed by atoms with Gasteiger partial charge in [0.1, 0.15) is 5.75 Å². The molecule has 2 aromatic rings. The molecule has 0 aliphatic heterocycles. The van der Waals surface area contributed by atoms with Gasteiger partial charge in [-0.15, -0.1) is 11.8 Å². The average Bonchev–Trinajstić information content (AvgIpc) is 2.63. The van der Waals surface area contributed by atoms with E-state index in [0.29, 0.717) is 12.3 Å². The average molecular weight is 372 g/mol. The molecule has 0 aliphatic rings. The molecule has 26 heavy (non-hydrogen) atoms. The number of rotatable bonds is 8. The molecule has 2 aromatic carbocycles. The Balaban J connectivity index is 1.77. The van der Waals surface area contributed by atoms with E-state index in [1.807, 2.05) is 50.2 Å². The van der Waals surface area contributed by atoms with Gasteiger partial charge in [-0.25, -0.2) is 0 Å². The molecule has 0 saturated heterocycles. The van der Waals surface area contributed by atoms with Crippen molar-refractivity contribution in [1.82, 2.24) is 0 Å². The smallest absolute Gasteiger partial charge is 0.237 e. The van der Waals surface area contributed by atoms with Gasteiger partial charge in [0.25, 0.3) is 0 Å². The van der Waals surface area contributed by atoms with Gasteiger partial charge in [0.2, 0.25) is 11.8 Å². The molecule has 0 heterocycles. The highest BCUT2D eigenvalue weighted by molar-refractivity contribution is 8.01. The minimum Gasteiger partial charge on any atom is -0.494 e. The number of hydrogen-bond acceptors (Lipinski definition) is 4. The summed E-state index contributed by atoms with van der Waals surface area (Å²) < 4.78 is 5.37. The first-order valence-corrected chi connectivity index (χ1v) is 9.54. The molecule has 0 saturated carbocycles. The Labute approximate surface area is 158 Å². The van der Waals surface area contributed by atoms with E-state index in [-0.39, 0.29) is 22.8 Å². The summed E-state index contributed by atoms with van der Waals surface area (Å²) in [6, 6.07) is 14.8. The minimum absolute atomic E-state index is 0.125. The molecule has 0 aromatic heterocycles. The van der Waals surface area contributed by atoms with Crippen LogP contribution in [0, 0.1) is 6.92 Å². The quantitative estimate of drug-likeness (QED) is 0.732.